The lowest BCUT2D eigenvalue weighted by Gasteiger charge is -1.95. The Labute approximate surface area is 104 Å². The van der Waals surface area contributed by atoms with E-state index in [0.717, 1.165) is 18.2 Å². The fourth-order valence-corrected chi connectivity index (χ4v) is 1.67. The van der Waals surface area contributed by atoms with Crippen LogP contribution in [0.25, 0.3) is 0 Å². The summed E-state index contributed by atoms with van der Waals surface area (Å²) in [7, 11) is 0. The smallest absolute Gasteiger partial charge is 0.00922 e. The zero-order valence-corrected chi connectivity index (χ0v) is 11.5. The number of halogens is 1. The molecule has 0 nitrogen and oxygen atoms in total. The zero-order chi connectivity index (χ0) is 11.2. The van der Waals surface area contributed by atoms with Crippen LogP contribution in [-0.4, -0.2) is 5.33 Å². The van der Waals surface area contributed by atoms with Gasteiger partial charge in [0, 0.05) is 11.8 Å². The van der Waals surface area contributed by atoms with Crippen molar-refractivity contribution in [1.29, 1.82) is 0 Å². The maximum atomic E-state index is 3.44. The molecule has 0 aromatic carbocycles. The van der Waals surface area contributed by atoms with Gasteiger partial charge in [-0.3, -0.25) is 0 Å². The van der Waals surface area contributed by atoms with E-state index in [4.69, 9.17) is 0 Å². The summed E-state index contributed by atoms with van der Waals surface area (Å²) < 4.78 is 0. The predicted molar refractivity (Wildman–Crippen MR) is 73.3 cm³/mol. The van der Waals surface area contributed by atoms with E-state index < -0.39 is 0 Å². The third-order valence-corrected chi connectivity index (χ3v) is 2.75. The second kappa shape index (κ2) is 13.8. The van der Waals surface area contributed by atoms with Crippen molar-refractivity contribution < 1.29 is 0 Å². The first-order valence-electron chi connectivity index (χ1n) is 6.11. The molecule has 0 saturated heterocycles. The number of alkyl halides is 1. The van der Waals surface area contributed by atoms with Gasteiger partial charge in [-0.2, -0.15) is 0 Å². The number of hydrogen-bond acceptors (Lipinski definition) is 0. The lowest BCUT2D eigenvalue weighted by atomic mass is 10.1. The minimum atomic E-state index is 1.06. The van der Waals surface area contributed by atoms with Crippen molar-refractivity contribution in [3.05, 3.63) is 12.2 Å². The van der Waals surface area contributed by atoms with Gasteiger partial charge in [-0.1, -0.05) is 66.5 Å². The third-order valence-electron chi connectivity index (χ3n) is 2.19. The second-order valence-electron chi connectivity index (χ2n) is 3.72. The van der Waals surface area contributed by atoms with Crippen molar-refractivity contribution in [3.63, 3.8) is 0 Å². The molecule has 0 unspecified atom stereocenters. The first-order chi connectivity index (χ1) is 7.41. The van der Waals surface area contributed by atoms with Gasteiger partial charge in [-0.25, -0.2) is 0 Å². The van der Waals surface area contributed by atoms with E-state index in [-0.39, 0.29) is 0 Å². The van der Waals surface area contributed by atoms with Gasteiger partial charge in [-0.05, 0) is 25.3 Å². The summed E-state index contributed by atoms with van der Waals surface area (Å²) >= 11 is 3.44. The fraction of sp³-hybridized carbons (Fsp3) is 0.714. The Morgan fingerprint density at radius 2 is 1.80 bits per heavy atom. The molecule has 0 radical (unpaired) electrons. The fourth-order valence-electron chi connectivity index (χ4n) is 1.28. The van der Waals surface area contributed by atoms with Crippen LogP contribution in [0.1, 0.15) is 58.3 Å². The van der Waals surface area contributed by atoms with Gasteiger partial charge >= 0.3 is 0 Å². The molecule has 0 aliphatic heterocycles. The van der Waals surface area contributed by atoms with Crippen LogP contribution in [-0.2, 0) is 0 Å². The van der Waals surface area contributed by atoms with Gasteiger partial charge in [0.05, 0.1) is 0 Å². The molecule has 0 amide bonds. The summed E-state index contributed by atoms with van der Waals surface area (Å²) in [6.45, 7) is 2.19. The molecule has 0 atom stereocenters. The highest BCUT2D eigenvalue weighted by Gasteiger charge is 1.87. The van der Waals surface area contributed by atoms with Crippen LogP contribution in [0.15, 0.2) is 12.2 Å². The number of unbranched alkanes of at least 4 members (excludes halogenated alkanes) is 6. The van der Waals surface area contributed by atoms with Gasteiger partial charge in [0.1, 0.15) is 0 Å². The highest BCUT2D eigenvalue weighted by molar-refractivity contribution is 9.09. The van der Waals surface area contributed by atoms with Crippen LogP contribution >= 0.6 is 15.9 Å². The van der Waals surface area contributed by atoms with Gasteiger partial charge in [0.25, 0.3) is 0 Å². The van der Waals surface area contributed by atoms with E-state index in [9.17, 15) is 0 Å². The summed E-state index contributed by atoms with van der Waals surface area (Å²) in [5, 5.41) is 1.15. The van der Waals surface area contributed by atoms with E-state index in [1.54, 1.807) is 0 Å². The number of allylic oxidation sites excluding steroid dienone is 2. The van der Waals surface area contributed by atoms with E-state index in [0.29, 0.717) is 0 Å². The Bertz CT molecular complexity index is 195. The molecule has 0 fully saturated rings. The molecule has 1 heteroatoms. The SMILES string of the molecule is CCCC=CC#CCCCCCCCBr. The minimum absolute atomic E-state index is 1.06. The molecule has 0 aliphatic rings. The monoisotopic (exact) mass is 270 g/mol. The third kappa shape index (κ3) is 13.8. The quantitative estimate of drug-likeness (QED) is 0.328. The Kier molecular flexibility index (Phi) is 13.6. The Morgan fingerprint density at radius 1 is 1.07 bits per heavy atom. The van der Waals surface area contributed by atoms with Crippen molar-refractivity contribution in [2.45, 2.75) is 58.3 Å². The predicted octanol–water partition coefficient (Wildman–Crippen LogP) is 5.08. The van der Waals surface area contributed by atoms with E-state index >= 15 is 0 Å². The summed E-state index contributed by atoms with van der Waals surface area (Å²) in [5.41, 5.74) is 0. The molecule has 0 saturated carbocycles. The Morgan fingerprint density at radius 3 is 2.53 bits per heavy atom. The van der Waals surface area contributed by atoms with Crippen LogP contribution in [0, 0.1) is 11.8 Å². The largest absolute Gasteiger partial charge is 0.0985 e. The molecular formula is C14H23Br. The standard InChI is InChI=1S/C14H23Br/c1-2-3-4-5-6-7-8-9-10-11-12-13-14-15/h4-5H,2-3,8-14H2,1H3. The van der Waals surface area contributed by atoms with Crippen LogP contribution in [0.2, 0.25) is 0 Å². The second-order valence-corrected chi connectivity index (χ2v) is 4.51. The molecule has 86 valence electrons. The van der Waals surface area contributed by atoms with Crippen LogP contribution < -0.4 is 0 Å². The van der Waals surface area contributed by atoms with Crippen molar-refractivity contribution in [2.75, 3.05) is 5.33 Å². The first kappa shape index (κ1) is 14.8. The van der Waals surface area contributed by atoms with Crippen molar-refractivity contribution >= 4 is 15.9 Å². The van der Waals surface area contributed by atoms with Gasteiger partial charge in [0.15, 0.2) is 0 Å². The minimum Gasteiger partial charge on any atom is -0.0985 e. The molecule has 0 aliphatic carbocycles. The first-order valence-corrected chi connectivity index (χ1v) is 7.23. The maximum Gasteiger partial charge on any atom is 0.00922 e. The van der Waals surface area contributed by atoms with E-state index in [1.165, 1.54) is 38.5 Å². The lowest BCUT2D eigenvalue weighted by Crippen LogP contribution is -1.79. The Balaban J connectivity index is 3.15. The van der Waals surface area contributed by atoms with Crippen molar-refractivity contribution in [2.24, 2.45) is 0 Å². The van der Waals surface area contributed by atoms with Gasteiger partial charge in [0.2, 0.25) is 0 Å². The normalized spacial score (nSPS) is 10.3. The summed E-state index contributed by atoms with van der Waals surface area (Å²) in [6.07, 6.45) is 14.2. The molecule has 15 heavy (non-hydrogen) atoms. The lowest BCUT2D eigenvalue weighted by molar-refractivity contribution is 0.645. The molecule has 0 rings (SSSR count). The maximum absolute atomic E-state index is 3.44. The van der Waals surface area contributed by atoms with Gasteiger partial charge < -0.3 is 0 Å². The highest BCUT2D eigenvalue weighted by atomic mass is 79.9. The molecule has 0 N–H and O–H groups in total. The van der Waals surface area contributed by atoms with Crippen LogP contribution in [0.4, 0.5) is 0 Å². The molecule has 0 bridgehead atoms. The average molecular weight is 271 g/mol. The summed E-state index contributed by atoms with van der Waals surface area (Å²) in [6, 6.07) is 0. The molecule has 0 spiro atoms. The Hall–Kier alpha value is -0.220. The highest BCUT2D eigenvalue weighted by Crippen LogP contribution is 2.05. The number of rotatable bonds is 8. The van der Waals surface area contributed by atoms with Gasteiger partial charge in [-0.15, -0.1) is 0 Å². The number of hydrogen-bond donors (Lipinski definition) is 0. The zero-order valence-electron chi connectivity index (χ0n) is 9.90. The topological polar surface area (TPSA) is 0 Å². The molecule has 0 heterocycles. The molecule has 0 aromatic rings. The van der Waals surface area contributed by atoms with Crippen molar-refractivity contribution in [1.82, 2.24) is 0 Å². The molecular weight excluding hydrogens is 248 g/mol. The van der Waals surface area contributed by atoms with Crippen LogP contribution in [0.3, 0.4) is 0 Å². The van der Waals surface area contributed by atoms with Crippen molar-refractivity contribution in [3.8, 4) is 11.8 Å². The summed E-state index contributed by atoms with van der Waals surface area (Å²) in [5.74, 6) is 6.27. The van der Waals surface area contributed by atoms with Crippen LogP contribution in [0.5, 0.6) is 0 Å². The van der Waals surface area contributed by atoms with E-state index in [2.05, 4.69) is 40.8 Å². The van der Waals surface area contributed by atoms with E-state index in [1.807, 2.05) is 6.08 Å². The average Bonchev–Trinajstić information content (AvgIpc) is 2.26. The molecule has 0 aromatic heterocycles. The summed E-state index contributed by atoms with van der Waals surface area (Å²) in [4.78, 5) is 0.